The van der Waals surface area contributed by atoms with Crippen LogP contribution < -0.4 is 5.32 Å². The van der Waals surface area contributed by atoms with E-state index in [9.17, 15) is 8.78 Å². The van der Waals surface area contributed by atoms with Gasteiger partial charge in [0.1, 0.15) is 0 Å². The van der Waals surface area contributed by atoms with Crippen molar-refractivity contribution in [3.63, 3.8) is 0 Å². The molecule has 2 aliphatic carbocycles. The Kier molecular flexibility index (Phi) is 4.06. The standard InChI is InChI=1S/C17H23F2N/c1-2-20-16(14-9-11-6-7-12(14)8-11)10-13-4-3-5-15(18)17(13)19/h3-5,11-12,14,16,20H,2,6-10H2,1H3. The predicted molar refractivity (Wildman–Crippen MR) is 76.5 cm³/mol. The molecule has 2 bridgehead atoms. The molecule has 1 N–H and O–H groups in total. The lowest BCUT2D eigenvalue weighted by atomic mass is 9.81. The quantitative estimate of drug-likeness (QED) is 0.861. The third-order valence-electron chi connectivity index (χ3n) is 5.25. The lowest BCUT2D eigenvalue weighted by molar-refractivity contribution is 0.247. The summed E-state index contributed by atoms with van der Waals surface area (Å²) in [6, 6.07) is 4.80. The second kappa shape index (κ2) is 5.80. The summed E-state index contributed by atoms with van der Waals surface area (Å²) in [6.45, 7) is 2.97. The largest absolute Gasteiger partial charge is 0.314 e. The summed E-state index contributed by atoms with van der Waals surface area (Å²) in [5.74, 6) is 0.907. The van der Waals surface area contributed by atoms with E-state index in [4.69, 9.17) is 0 Å². The van der Waals surface area contributed by atoms with Gasteiger partial charge < -0.3 is 5.32 Å². The maximum Gasteiger partial charge on any atom is 0.162 e. The second-order valence-electron chi connectivity index (χ2n) is 6.42. The molecule has 110 valence electrons. The van der Waals surface area contributed by atoms with Gasteiger partial charge in [-0.2, -0.15) is 0 Å². The Labute approximate surface area is 119 Å². The maximum atomic E-state index is 13.9. The first-order valence-electron chi connectivity index (χ1n) is 7.85. The Hall–Kier alpha value is -0.960. The Bertz CT molecular complexity index is 474. The van der Waals surface area contributed by atoms with Crippen LogP contribution in [0.3, 0.4) is 0 Å². The van der Waals surface area contributed by atoms with Crippen molar-refractivity contribution in [1.29, 1.82) is 0 Å². The fraction of sp³-hybridized carbons (Fsp3) is 0.647. The summed E-state index contributed by atoms with van der Waals surface area (Å²) < 4.78 is 27.2. The number of halogens is 2. The van der Waals surface area contributed by atoms with Crippen LogP contribution in [0, 0.1) is 29.4 Å². The highest BCUT2D eigenvalue weighted by Gasteiger charge is 2.42. The van der Waals surface area contributed by atoms with E-state index < -0.39 is 11.6 Å². The summed E-state index contributed by atoms with van der Waals surface area (Å²) >= 11 is 0. The van der Waals surface area contributed by atoms with Gasteiger partial charge in [-0.1, -0.05) is 25.5 Å². The van der Waals surface area contributed by atoms with Gasteiger partial charge in [-0.25, -0.2) is 8.78 Å². The summed E-state index contributed by atoms with van der Waals surface area (Å²) in [7, 11) is 0. The highest BCUT2D eigenvalue weighted by Crippen LogP contribution is 2.49. The van der Waals surface area contributed by atoms with Crippen LogP contribution in [0.15, 0.2) is 18.2 Å². The number of rotatable bonds is 5. The Morgan fingerprint density at radius 3 is 2.75 bits per heavy atom. The minimum atomic E-state index is -0.731. The molecule has 3 rings (SSSR count). The zero-order chi connectivity index (χ0) is 14.1. The van der Waals surface area contributed by atoms with Crippen molar-refractivity contribution in [3.8, 4) is 0 Å². The summed E-state index contributed by atoms with van der Waals surface area (Å²) in [6.07, 6.45) is 5.90. The van der Waals surface area contributed by atoms with Gasteiger partial charge in [0, 0.05) is 6.04 Å². The average Bonchev–Trinajstić information content (AvgIpc) is 3.05. The molecule has 0 aliphatic heterocycles. The first kappa shape index (κ1) is 14.0. The molecule has 4 atom stereocenters. The fourth-order valence-electron chi connectivity index (χ4n) is 4.37. The van der Waals surface area contributed by atoms with Crippen molar-refractivity contribution in [2.24, 2.45) is 17.8 Å². The molecule has 0 spiro atoms. The van der Waals surface area contributed by atoms with Crippen LogP contribution in [0.2, 0.25) is 0 Å². The van der Waals surface area contributed by atoms with E-state index in [1.54, 1.807) is 12.1 Å². The van der Waals surface area contributed by atoms with E-state index in [2.05, 4.69) is 12.2 Å². The Morgan fingerprint density at radius 2 is 2.10 bits per heavy atom. The third kappa shape index (κ3) is 2.60. The molecule has 2 aliphatic rings. The van der Waals surface area contributed by atoms with Gasteiger partial charge in [-0.15, -0.1) is 0 Å². The van der Waals surface area contributed by atoms with E-state index in [-0.39, 0.29) is 6.04 Å². The second-order valence-corrected chi connectivity index (χ2v) is 6.42. The molecule has 0 aromatic heterocycles. The van der Waals surface area contributed by atoms with Crippen molar-refractivity contribution in [2.45, 2.75) is 45.1 Å². The molecule has 2 fully saturated rings. The van der Waals surface area contributed by atoms with Crippen LogP contribution in [0.4, 0.5) is 8.78 Å². The Balaban J connectivity index is 1.76. The molecule has 3 heteroatoms. The van der Waals surface area contributed by atoms with Crippen molar-refractivity contribution < 1.29 is 8.78 Å². The van der Waals surface area contributed by atoms with Gasteiger partial charge in [0.2, 0.25) is 0 Å². The van der Waals surface area contributed by atoms with Crippen molar-refractivity contribution in [3.05, 3.63) is 35.4 Å². The highest BCUT2D eigenvalue weighted by atomic mass is 19.2. The predicted octanol–water partition coefficient (Wildman–Crippen LogP) is 3.92. The van der Waals surface area contributed by atoms with E-state index in [1.807, 2.05) is 0 Å². The van der Waals surface area contributed by atoms with Crippen molar-refractivity contribution in [1.82, 2.24) is 5.32 Å². The lowest BCUT2D eigenvalue weighted by Gasteiger charge is -2.31. The fourth-order valence-corrected chi connectivity index (χ4v) is 4.37. The number of benzene rings is 1. The normalized spacial score (nSPS) is 29.9. The zero-order valence-corrected chi connectivity index (χ0v) is 12.0. The van der Waals surface area contributed by atoms with E-state index in [0.717, 1.165) is 18.4 Å². The summed E-state index contributed by atoms with van der Waals surface area (Å²) in [4.78, 5) is 0. The molecule has 0 radical (unpaired) electrons. The highest BCUT2D eigenvalue weighted by molar-refractivity contribution is 5.20. The van der Waals surface area contributed by atoms with Gasteiger partial charge in [-0.3, -0.25) is 0 Å². The van der Waals surface area contributed by atoms with E-state index in [0.29, 0.717) is 17.9 Å². The van der Waals surface area contributed by atoms with Gasteiger partial charge in [0.05, 0.1) is 0 Å². The molecule has 4 unspecified atom stereocenters. The van der Waals surface area contributed by atoms with Gasteiger partial charge in [0.25, 0.3) is 0 Å². The number of fused-ring (bicyclic) bond motifs is 2. The first-order valence-corrected chi connectivity index (χ1v) is 7.85. The molecule has 0 saturated heterocycles. The molecule has 1 aromatic carbocycles. The molecule has 1 nitrogen and oxygen atoms in total. The average molecular weight is 279 g/mol. The van der Waals surface area contributed by atoms with Crippen LogP contribution in [-0.4, -0.2) is 12.6 Å². The summed E-state index contributed by atoms with van der Waals surface area (Å²) in [5, 5.41) is 3.52. The van der Waals surface area contributed by atoms with Crippen LogP contribution >= 0.6 is 0 Å². The van der Waals surface area contributed by atoms with Crippen molar-refractivity contribution >= 4 is 0 Å². The van der Waals surface area contributed by atoms with E-state index >= 15 is 0 Å². The minimum Gasteiger partial charge on any atom is -0.314 e. The maximum absolute atomic E-state index is 13.9. The monoisotopic (exact) mass is 279 g/mol. The number of nitrogens with one attached hydrogen (secondary N) is 1. The van der Waals surface area contributed by atoms with Crippen LogP contribution in [0.5, 0.6) is 0 Å². The van der Waals surface area contributed by atoms with Gasteiger partial charge in [0.15, 0.2) is 11.6 Å². The van der Waals surface area contributed by atoms with Crippen LogP contribution in [0.25, 0.3) is 0 Å². The zero-order valence-electron chi connectivity index (χ0n) is 12.0. The number of hydrogen-bond donors (Lipinski definition) is 1. The van der Waals surface area contributed by atoms with Crippen LogP contribution in [0.1, 0.15) is 38.2 Å². The molecule has 2 saturated carbocycles. The van der Waals surface area contributed by atoms with Gasteiger partial charge in [-0.05, 0) is 61.6 Å². The third-order valence-corrected chi connectivity index (χ3v) is 5.25. The molecule has 20 heavy (non-hydrogen) atoms. The first-order chi connectivity index (χ1) is 9.69. The molecule has 1 aromatic rings. The molecular weight excluding hydrogens is 256 g/mol. The van der Waals surface area contributed by atoms with Crippen molar-refractivity contribution in [2.75, 3.05) is 6.54 Å². The van der Waals surface area contributed by atoms with Crippen LogP contribution in [-0.2, 0) is 6.42 Å². The topological polar surface area (TPSA) is 12.0 Å². The SMILES string of the molecule is CCNC(Cc1cccc(F)c1F)C1CC2CCC1C2. The molecular formula is C17H23F2N. The number of hydrogen-bond acceptors (Lipinski definition) is 1. The lowest BCUT2D eigenvalue weighted by Crippen LogP contribution is -2.40. The smallest absolute Gasteiger partial charge is 0.162 e. The van der Waals surface area contributed by atoms with E-state index in [1.165, 1.54) is 31.7 Å². The summed E-state index contributed by atoms with van der Waals surface area (Å²) in [5.41, 5.74) is 0.513. The Morgan fingerprint density at radius 1 is 1.25 bits per heavy atom. The minimum absolute atomic E-state index is 0.284. The van der Waals surface area contributed by atoms with Gasteiger partial charge >= 0.3 is 0 Å². The molecule has 0 amide bonds. The number of likely N-dealkylation sites (N-methyl/N-ethyl adjacent to an activating group) is 1. The molecule has 0 heterocycles.